The minimum absolute atomic E-state index is 0.0744. The van der Waals surface area contributed by atoms with Gasteiger partial charge in [-0.2, -0.15) is 0 Å². The summed E-state index contributed by atoms with van der Waals surface area (Å²) in [6.07, 6.45) is 11.6. The normalized spacial score (nSPS) is 17.3. The van der Waals surface area contributed by atoms with Gasteiger partial charge < -0.3 is 24.8 Å². The summed E-state index contributed by atoms with van der Waals surface area (Å²) in [5, 5.41) is 25.5. The molecule has 0 radical (unpaired) electrons. The third-order valence-electron chi connectivity index (χ3n) is 6.21. The van der Waals surface area contributed by atoms with Crippen LogP contribution >= 0.6 is 0 Å². The Morgan fingerprint density at radius 2 is 1.65 bits per heavy atom. The van der Waals surface area contributed by atoms with Crippen LogP contribution in [0.3, 0.4) is 0 Å². The highest BCUT2D eigenvalue weighted by Gasteiger charge is 2.21. The summed E-state index contributed by atoms with van der Waals surface area (Å²) in [5.74, 6) is 0.864. The van der Waals surface area contributed by atoms with Crippen LogP contribution in [-0.4, -0.2) is 74.1 Å². The van der Waals surface area contributed by atoms with E-state index < -0.39 is 0 Å². The molecule has 210 valence electrons. The number of aldehydes is 2. The van der Waals surface area contributed by atoms with Gasteiger partial charge in [0, 0.05) is 30.8 Å². The molecule has 0 aliphatic carbocycles. The summed E-state index contributed by atoms with van der Waals surface area (Å²) >= 11 is 0. The number of ether oxygens (including phenoxy) is 2. The van der Waals surface area contributed by atoms with Gasteiger partial charge in [0.1, 0.15) is 12.6 Å². The van der Waals surface area contributed by atoms with Crippen molar-refractivity contribution in [3.05, 3.63) is 59.7 Å². The van der Waals surface area contributed by atoms with Crippen LogP contribution < -0.4 is 0 Å². The Labute approximate surface area is 223 Å². The fourth-order valence-corrected chi connectivity index (χ4v) is 3.81. The number of carbonyl (C=O) groups is 2. The molecule has 37 heavy (non-hydrogen) atoms. The number of aliphatic hydroxyl groups is 3. The third kappa shape index (κ3) is 17.1. The lowest BCUT2D eigenvalue weighted by Gasteiger charge is -2.29. The zero-order valence-corrected chi connectivity index (χ0v) is 22.8. The van der Waals surface area contributed by atoms with Crippen molar-refractivity contribution in [2.24, 2.45) is 5.92 Å². The maximum Gasteiger partial charge on any atom is 0.147 e. The third-order valence-corrected chi connectivity index (χ3v) is 6.21. The molecule has 7 nitrogen and oxygen atoms in total. The SMILES string of the molecule is C=C(C=O)CO.C=C(C=O)CO.CCCCCC1CCC(CCc2ccc(C(CO)COC)cc2)OC1. The van der Waals surface area contributed by atoms with E-state index in [2.05, 4.69) is 44.3 Å². The molecule has 1 aliphatic heterocycles. The molecule has 0 spiro atoms. The molecule has 1 aromatic carbocycles. The minimum Gasteiger partial charge on any atom is -0.396 e. The monoisotopic (exact) mass is 520 g/mol. The van der Waals surface area contributed by atoms with Gasteiger partial charge in [-0.15, -0.1) is 0 Å². The highest BCUT2D eigenvalue weighted by Crippen LogP contribution is 2.26. The lowest BCUT2D eigenvalue weighted by molar-refractivity contribution is -0.106. The number of methoxy groups -OCH3 is 1. The molecule has 3 N–H and O–H groups in total. The topological polar surface area (TPSA) is 113 Å². The van der Waals surface area contributed by atoms with Crippen LogP contribution in [0.2, 0.25) is 0 Å². The Morgan fingerprint density at radius 1 is 1.03 bits per heavy atom. The number of aliphatic hydroxyl groups excluding tert-OH is 3. The zero-order valence-electron chi connectivity index (χ0n) is 22.8. The Hall–Kier alpha value is -2.16. The molecule has 0 aromatic heterocycles. The second kappa shape index (κ2) is 23.0. The average molecular weight is 521 g/mol. The van der Waals surface area contributed by atoms with Crippen molar-refractivity contribution in [1.82, 2.24) is 0 Å². The van der Waals surface area contributed by atoms with Gasteiger partial charge in [0.2, 0.25) is 0 Å². The van der Waals surface area contributed by atoms with E-state index in [1.807, 2.05) is 0 Å². The van der Waals surface area contributed by atoms with E-state index in [9.17, 15) is 14.7 Å². The van der Waals surface area contributed by atoms with Crippen LogP contribution in [0.1, 0.15) is 68.9 Å². The van der Waals surface area contributed by atoms with Crippen LogP contribution in [0.25, 0.3) is 0 Å². The van der Waals surface area contributed by atoms with Crippen LogP contribution in [0.15, 0.2) is 48.6 Å². The Balaban J connectivity index is 0.000000896. The van der Waals surface area contributed by atoms with Gasteiger partial charge in [0.25, 0.3) is 0 Å². The van der Waals surface area contributed by atoms with Crippen molar-refractivity contribution < 1.29 is 34.4 Å². The Bertz CT molecular complexity index is 717. The lowest BCUT2D eigenvalue weighted by Crippen LogP contribution is -2.26. The van der Waals surface area contributed by atoms with Crippen molar-refractivity contribution in [3.8, 4) is 0 Å². The van der Waals surface area contributed by atoms with E-state index >= 15 is 0 Å². The summed E-state index contributed by atoms with van der Waals surface area (Å²) in [5.41, 5.74) is 2.94. The van der Waals surface area contributed by atoms with E-state index in [1.165, 1.54) is 44.1 Å². The number of aryl methyl sites for hydroxylation is 1. The summed E-state index contributed by atoms with van der Waals surface area (Å²) in [6.45, 7) is 9.80. The second-order valence-corrected chi connectivity index (χ2v) is 9.38. The van der Waals surface area contributed by atoms with E-state index in [0.717, 1.165) is 30.9 Å². The summed E-state index contributed by atoms with van der Waals surface area (Å²) in [7, 11) is 1.68. The largest absolute Gasteiger partial charge is 0.396 e. The fraction of sp³-hybridized carbons (Fsp3) is 0.600. The van der Waals surface area contributed by atoms with Crippen molar-refractivity contribution in [3.63, 3.8) is 0 Å². The second-order valence-electron chi connectivity index (χ2n) is 9.38. The van der Waals surface area contributed by atoms with Crippen LogP contribution in [0.4, 0.5) is 0 Å². The first-order valence-corrected chi connectivity index (χ1v) is 13.2. The highest BCUT2D eigenvalue weighted by molar-refractivity contribution is 5.72. The number of benzene rings is 1. The van der Waals surface area contributed by atoms with Crippen LogP contribution in [0.5, 0.6) is 0 Å². The Morgan fingerprint density at radius 3 is 2.05 bits per heavy atom. The van der Waals surface area contributed by atoms with Gasteiger partial charge in [-0.05, 0) is 49.1 Å². The molecule has 3 unspecified atom stereocenters. The van der Waals surface area contributed by atoms with Crippen molar-refractivity contribution in [2.75, 3.05) is 40.1 Å². The Kier molecular flexibility index (Phi) is 21.7. The van der Waals surface area contributed by atoms with Crippen LogP contribution in [0, 0.1) is 5.92 Å². The molecule has 1 fully saturated rings. The summed E-state index contributed by atoms with van der Waals surface area (Å²) < 4.78 is 11.3. The van der Waals surface area contributed by atoms with Gasteiger partial charge in [-0.3, -0.25) is 9.59 Å². The van der Waals surface area contributed by atoms with E-state index in [-0.39, 0.29) is 36.9 Å². The molecule has 0 saturated carbocycles. The highest BCUT2D eigenvalue weighted by atomic mass is 16.5. The van der Waals surface area contributed by atoms with Gasteiger partial charge >= 0.3 is 0 Å². The maximum absolute atomic E-state index is 9.48. The molecule has 3 atom stereocenters. The summed E-state index contributed by atoms with van der Waals surface area (Å²) in [6, 6.07) is 8.62. The molecule has 1 saturated heterocycles. The number of unbranched alkanes of at least 4 members (excludes halogenated alkanes) is 2. The minimum atomic E-state index is -0.233. The first-order chi connectivity index (χ1) is 17.9. The zero-order chi connectivity index (χ0) is 27.9. The molecule has 1 heterocycles. The molecule has 0 amide bonds. The molecule has 0 bridgehead atoms. The predicted octanol–water partition coefficient (Wildman–Crippen LogP) is 4.18. The van der Waals surface area contributed by atoms with Gasteiger partial charge in [0.15, 0.2) is 0 Å². The quantitative estimate of drug-likeness (QED) is 0.181. The number of hydrogen-bond acceptors (Lipinski definition) is 7. The molecular weight excluding hydrogens is 472 g/mol. The van der Waals surface area contributed by atoms with Gasteiger partial charge in [-0.1, -0.05) is 63.6 Å². The van der Waals surface area contributed by atoms with E-state index in [1.54, 1.807) is 7.11 Å². The fourth-order valence-electron chi connectivity index (χ4n) is 3.81. The molecule has 1 aromatic rings. The first kappa shape index (κ1) is 34.8. The average Bonchev–Trinajstić information content (AvgIpc) is 2.95. The van der Waals surface area contributed by atoms with Gasteiger partial charge in [-0.25, -0.2) is 0 Å². The summed E-state index contributed by atoms with van der Waals surface area (Å²) in [4.78, 5) is 19.0. The van der Waals surface area contributed by atoms with Crippen molar-refractivity contribution >= 4 is 12.6 Å². The molecule has 2 rings (SSSR count). The lowest BCUT2D eigenvalue weighted by atomic mass is 9.91. The predicted molar refractivity (Wildman–Crippen MR) is 148 cm³/mol. The first-order valence-electron chi connectivity index (χ1n) is 13.2. The number of carbonyl (C=O) groups excluding carboxylic acids is 2. The van der Waals surface area contributed by atoms with Crippen LogP contribution in [-0.2, 0) is 25.5 Å². The van der Waals surface area contributed by atoms with Gasteiger partial charge in [0.05, 0.1) is 32.5 Å². The number of hydrogen-bond donors (Lipinski definition) is 3. The maximum atomic E-state index is 9.48. The number of rotatable bonds is 15. The molecule has 7 heteroatoms. The van der Waals surface area contributed by atoms with E-state index in [0.29, 0.717) is 25.3 Å². The molecule has 1 aliphatic rings. The standard InChI is InChI=1S/C22H36O3.2C4H6O2/c1-3-4-5-6-19-10-14-22(25-16-19)13-9-18-7-11-20(12-8-18)21(15-23)17-24-2;2*1-4(2-5)3-6/h7-8,11-12,19,21-23H,3-6,9-10,13-17H2,1-2H3;2*2,6H,1,3H2. The van der Waals surface area contributed by atoms with Crippen molar-refractivity contribution in [2.45, 2.75) is 70.3 Å². The van der Waals surface area contributed by atoms with Crippen molar-refractivity contribution in [1.29, 1.82) is 0 Å². The van der Waals surface area contributed by atoms with E-state index in [4.69, 9.17) is 19.7 Å². The molecular formula is C30H48O7. The smallest absolute Gasteiger partial charge is 0.147 e.